The summed E-state index contributed by atoms with van der Waals surface area (Å²) in [7, 11) is 0. The van der Waals surface area contributed by atoms with E-state index >= 15 is 0 Å². The number of urea groups is 1. The highest BCUT2D eigenvalue weighted by Crippen LogP contribution is 2.25. The van der Waals surface area contributed by atoms with E-state index in [1.807, 2.05) is 31.2 Å². The van der Waals surface area contributed by atoms with Crippen molar-refractivity contribution in [3.63, 3.8) is 0 Å². The van der Waals surface area contributed by atoms with Crippen molar-refractivity contribution in [2.24, 2.45) is 11.8 Å². The van der Waals surface area contributed by atoms with Crippen LogP contribution in [-0.4, -0.2) is 35.1 Å². The number of hydrogen-bond donors (Lipinski definition) is 2. The van der Waals surface area contributed by atoms with Gasteiger partial charge in [-0.25, -0.2) is 4.79 Å². The molecule has 126 valence electrons. The minimum absolute atomic E-state index is 0.0751. The van der Waals surface area contributed by atoms with Crippen molar-refractivity contribution in [3.05, 3.63) is 35.4 Å². The number of carboxylic acid groups (broad SMARTS) is 1. The Morgan fingerprint density at radius 1 is 1.30 bits per heavy atom. The van der Waals surface area contributed by atoms with Gasteiger partial charge in [-0.3, -0.25) is 4.79 Å². The van der Waals surface area contributed by atoms with Crippen molar-refractivity contribution in [2.45, 2.75) is 39.7 Å². The fourth-order valence-electron chi connectivity index (χ4n) is 3.13. The van der Waals surface area contributed by atoms with Crippen LogP contribution in [0.2, 0.25) is 0 Å². The number of carboxylic acids is 1. The number of amides is 2. The van der Waals surface area contributed by atoms with E-state index in [9.17, 15) is 9.59 Å². The summed E-state index contributed by atoms with van der Waals surface area (Å²) in [6.07, 6.45) is 1.38. The lowest BCUT2D eigenvalue weighted by atomic mass is 9.92. The topological polar surface area (TPSA) is 69.6 Å². The van der Waals surface area contributed by atoms with Gasteiger partial charge in [-0.2, -0.15) is 0 Å². The summed E-state index contributed by atoms with van der Waals surface area (Å²) >= 11 is 0. The van der Waals surface area contributed by atoms with Crippen LogP contribution in [-0.2, 0) is 4.79 Å². The average molecular weight is 318 g/mol. The smallest absolute Gasteiger partial charge is 0.317 e. The molecule has 5 nitrogen and oxygen atoms in total. The summed E-state index contributed by atoms with van der Waals surface area (Å²) in [6, 6.07) is 7.80. The van der Waals surface area contributed by atoms with E-state index in [0.29, 0.717) is 19.5 Å². The predicted molar refractivity (Wildman–Crippen MR) is 89.2 cm³/mol. The largest absolute Gasteiger partial charge is 0.481 e. The lowest BCUT2D eigenvalue weighted by molar-refractivity contribution is -0.143. The first-order valence-corrected chi connectivity index (χ1v) is 8.24. The Hall–Kier alpha value is -2.04. The third-order valence-electron chi connectivity index (χ3n) is 4.53. The summed E-state index contributed by atoms with van der Waals surface area (Å²) in [5.74, 6) is -1.02. The van der Waals surface area contributed by atoms with Gasteiger partial charge < -0.3 is 15.3 Å². The number of aryl methyl sites for hydroxylation is 1. The van der Waals surface area contributed by atoms with Gasteiger partial charge in [0.2, 0.25) is 0 Å². The maximum Gasteiger partial charge on any atom is 0.317 e. The molecule has 1 aliphatic heterocycles. The number of nitrogens with one attached hydrogen (secondary N) is 1. The number of hydrogen-bond acceptors (Lipinski definition) is 2. The van der Waals surface area contributed by atoms with Crippen molar-refractivity contribution in [1.82, 2.24) is 10.2 Å². The van der Waals surface area contributed by atoms with Gasteiger partial charge in [0, 0.05) is 13.1 Å². The van der Waals surface area contributed by atoms with Crippen LogP contribution in [0, 0.1) is 18.8 Å². The Bertz CT molecular complexity index is 571. The minimum atomic E-state index is -0.818. The molecule has 2 unspecified atom stereocenters. The first-order chi connectivity index (χ1) is 10.9. The van der Waals surface area contributed by atoms with Gasteiger partial charge in [0.25, 0.3) is 0 Å². The standard InChI is InChI=1S/C18H26N2O3/c1-12(2)16(15-9-5-4-7-13(15)3)19-18(23)20-10-6-8-14(11-20)17(21)22/h4-5,7,9,12,14,16H,6,8,10-11H2,1-3H3,(H,19,23)(H,21,22). The maximum absolute atomic E-state index is 12.6. The normalized spacial score (nSPS) is 19.5. The molecule has 0 bridgehead atoms. The first-order valence-electron chi connectivity index (χ1n) is 8.24. The van der Waals surface area contributed by atoms with Gasteiger partial charge in [0.1, 0.15) is 0 Å². The third-order valence-corrected chi connectivity index (χ3v) is 4.53. The summed E-state index contributed by atoms with van der Waals surface area (Å²) in [4.78, 5) is 25.4. The number of nitrogens with zero attached hydrogens (tertiary/aromatic N) is 1. The monoisotopic (exact) mass is 318 g/mol. The zero-order valence-corrected chi connectivity index (χ0v) is 14.1. The third kappa shape index (κ3) is 4.24. The van der Waals surface area contributed by atoms with Crippen LogP contribution in [0.15, 0.2) is 24.3 Å². The van der Waals surface area contributed by atoms with Gasteiger partial charge in [-0.15, -0.1) is 0 Å². The van der Waals surface area contributed by atoms with Crippen LogP contribution in [0.5, 0.6) is 0 Å². The molecule has 1 fully saturated rings. The van der Waals surface area contributed by atoms with Gasteiger partial charge >= 0.3 is 12.0 Å². The Kier molecular flexibility index (Phi) is 5.64. The molecule has 2 amide bonds. The summed E-state index contributed by atoms with van der Waals surface area (Å²) in [5.41, 5.74) is 2.26. The van der Waals surface area contributed by atoms with Crippen LogP contribution >= 0.6 is 0 Å². The summed E-state index contributed by atoms with van der Waals surface area (Å²) in [5, 5.41) is 12.3. The van der Waals surface area contributed by atoms with Gasteiger partial charge in [0.15, 0.2) is 0 Å². The Labute approximate surface area is 137 Å². The van der Waals surface area contributed by atoms with Crippen molar-refractivity contribution >= 4 is 12.0 Å². The fraction of sp³-hybridized carbons (Fsp3) is 0.556. The second-order valence-corrected chi connectivity index (χ2v) is 6.65. The Morgan fingerprint density at radius 2 is 2.00 bits per heavy atom. The number of carbonyl (C=O) groups is 2. The number of carbonyl (C=O) groups excluding carboxylic acids is 1. The predicted octanol–water partition coefficient (Wildman–Crippen LogP) is 3.20. The lowest BCUT2D eigenvalue weighted by Gasteiger charge is -2.33. The summed E-state index contributed by atoms with van der Waals surface area (Å²) < 4.78 is 0. The molecule has 1 heterocycles. The van der Waals surface area contributed by atoms with Crippen LogP contribution in [0.4, 0.5) is 4.79 Å². The molecule has 2 atom stereocenters. The Balaban J connectivity index is 2.10. The molecule has 1 aromatic rings. The van der Waals surface area contributed by atoms with Crippen molar-refractivity contribution < 1.29 is 14.7 Å². The molecular formula is C18H26N2O3. The zero-order valence-electron chi connectivity index (χ0n) is 14.1. The van der Waals surface area contributed by atoms with E-state index in [1.165, 1.54) is 0 Å². The highest BCUT2D eigenvalue weighted by Gasteiger charge is 2.30. The second kappa shape index (κ2) is 7.49. The van der Waals surface area contributed by atoms with E-state index in [-0.39, 0.29) is 18.0 Å². The highest BCUT2D eigenvalue weighted by atomic mass is 16.4. The number of benzene rings is 1. The van der Waals surface area contributed by atoms with Crippen LogP contribution < -0.4 is 5.32 Å². The molecule has 1 aliphatic rings. The number of piperidine rings is 1. The molecule has 2 N–H and O–H groups in total. The average Bonchev–Trinajstić information content (AvgIpc) is 2.53. The molecule has 0 saturated carbocycles. The molecular weight excluding hydrogens is 292 g/mol. The van der Waals surface area contributed by atoms with Crippen LogP contribution in [0.25, 0.3) is 0 Å². The molecule has 1 saturated heterocycles. The van der Waals surface area contributed by atoms with Crippen molar-refractivity contribution in [1.29, 1.82) is 0 Å². The van der Waals surface area contributed by atoms with E-state index in [0.717, 1.165) is 17.5 Å². The van der Waals surface area contributed by atoms with Crippen LogP contribution in [0.3, 0.4) is 0 Å². The minimum Gasteiger partial charge on any atom is -0.481 e. The first kappa shape index (κ1) is 17.3. The SMILES string of the molecule is Cc1ccccc1C(NC(=O)N1CCCC(C(=O)O)C1)C(C)C. The zero-order chi connectivity index (χ0) is 17.0. The highest BCUT2D eigenvalue weighted by molar-refractivity contribution is 5.77. The molecule has 0 spiro atoms. The molecule has 0 aromatic heterocycles. The molecule has 0 radical (unpaired) electrons. The van der Waals surface area contributed by atoms with Gasteiger partial charge in [0.05, 0.1) is 12.0 Å². The van der Waals surface area contributed by atoms with E-state index in [2.05, 4.69) is 19.2 Å². The quantitative estimate of drug-likeness (QED) is 0.895. The van der Waals surface area contributed by atoms with Crippen molar-refractivity contribution in [3.8, 4) is 0 Å². The van der Waals surface area contributed by atoms with Crippen molar-refractivity contribution in [2.75, 3.05) is 13.1 Å². The number of aliphatic carboxylic acids is 1. The lowest BCUT2D eigenvalue weighted by Crippen LogP contribution is -2.48. The number of rotatable bonds is 4. The molecule has 5 heteroatoms. The molecule has 23 heavy (non-hydrogen) atoms. The maximum atomic E-state index is 12.6. The van der Waals surface area contributed by atoms with E-state index < -0.39 is 11.9 Å². The van der Waals surface area contributed by atoms with Crippen LogP contribution in [0.1, 0.15) is 43.9 Å². The molecule has 2 rings (SSSR count). The van der Waals surface area contributed by atoms with E-state index in [4.69, 9.17) is 5.11 Å². The second-order valence-electron chi connectivity index (χ2n) is 6.65. The molecule has 1 aromatic carbocycles. The molecule has 0 aliphatic carbocycles. The van der Waals surface area contributed by atoms with E-state index in [1.54, 1.807) is 4.90 Å². The fourth-order valence-corrected chi connectivity index (χ4v) is 3.13. The van der Waals surface area contributed by atoms with Gasteiger partial charge in [-0.05, 0) is 36.8 Å². The number of likely N-dealkylation sites (tertiary alicyclic amines) is 1. The summed E-state index contributed by atoms with van der Waals surface area (Å²) in [6.45, 7) is 7.10. The van der Waals surface area contributed by atoms with Gasteiger partial charge in [-0.1, -0.05) is 38.1 Å². The Morgan fingerprint density at radius 3 is 2.61 bits per heavy atom.